The van der Waals surface area contributed by atoms with Crippen molar-refractivity contribution in [3.8, 4) is 0 Å². The first kappa shape index (κ1) is 88.1. The fourth-order valence-corrected chi connectivity index (χ4v) is 12.4. The Labute approximate surface area is 549 Å². The zero-order chi connectivity index (χ0) is 66.3. The third kappa shape index (κ3) is 64.8. The number of esters is 4. The second-order valence-electron chi connectivity index (χ2n) is 26.1. The molecule has 0 rings (SSSR count). The van der Waals surface area contributed by atoms with Crippen LogP contribution in [0.1, 0.15) is 369 Å². The maximum absolute atomic E-state index is 13.0. The van der Waals surface area contributed by atoms with Gasteiger partial charge in [0.05, 0.1) is 26.4 Å². The van der Waals surface area contributed by atoms with E-state index in [2.05, 4.69) is 34.6 Å². The molecule has 0 saturated heterocycles. The first-order valence-corrected chi connectivity index (χ1v) is 40.1. The minimum Gasteiger partial charge on any atom is -0.462 e. The summed E-state index contributed by atoms with van der Waals surface area (Å²) in [6.07, 6.45) is 51.2. The first-order valence-electron chi connectivity index (χ1n) is 37.1. The molecular formula is C71H138O17P2. The number of carbonyl (C=O) groups excluding carboxylic acids is 4. The highest BCUT2D eigenvalue weighted by Gasteiger charge is 2.30. The standard InChI is InChI=1S/C71H138O17P2/c1-6-9-12-15-18-21-30-36-40-45-50-55-69(74)82-61-67(88-71(76)57-52-47-42-37-32-29-27-25-24-26-28-31-33-38-43-48-53-64(4)5)63-86-90(79,80)84-59-65(72)58-83-89(77,78)85-62-66(87-70(75)56-51-46-41-35-23-20-17-14-11-8-3)60-81-68(73)54-49-44-39-34-22-19-16-13-10-7-2/h64-67,72H,6-63H2,1-5H3,(H,77,78)(H,79,80)/t65-,66+,67+/m0/s1. The molecule has 534 valence electrons. The van der Waals surface area contributed by atoms with Crippen LogP contribution in [0.4, 0.5) is 0 Å². The third-order valence-corrected chi connectivity index (χ3v) is 18.4. The van der Waals surface area contributed by atoms with Crippen molar-refractivity contribution >= 4 is 39.5 Å². The van der Waals surface area contributed by atoms with E-state index in [1.807, 2.05) is 0 Å². The van der Waals surface area contributed by atoms with Gasteiger partial charge in [-0.2, -0.15) is 0 Å². The van der Waals surface area contributed by atoms with Crippen LogP contribution in [0.2, 0.25) is 0 Å². The van der Waals surface area contributed by atoms with Crippen LogP contribution in [0, 0.1) is 5.92 Å². The summed E-state index contributed by atoms with van der Waals surface area (Å²) in [7, 11) is -9.90. The molecule has 0 aliphatic heterocycles. The first-order chi connectivity index (χ1) is 43.5. The Morgan fingerprint density at radius 1 is 0.300 bits per heavy atom. The van der Waals surface area contributed by atoms with E-state index < -0.39 is 97.5 Å². The van der Waals surface area contributed by atoms with Crippen LogP contribution < -0.4 is 0 Å². The van der Waals surface area contributed by atoms with Gasteiger partial charge in [0.15, 0.2) is 12.2 Å². The Balaban J connectivity index is 5.19. The summed E-state index contributed by atoms with van der Waals surface area (Å²) in [6, 6.07) is 0. The predicted molar refractivity (Wildman–Crippen MR) is 363 cm³/mol. The van der Waals surface area contributed by atoms with E-state index >= 15 is 0 Å². The summed E-state index contributed by atoms with van der Waals surface area (Å²) >= 11 is 0. The second-order valence-corrected chi connectivity index (χ2v) is 29.0. The summed E-state index contributed by atoms with van der Waals surface area (Å²) in [4.78, 5) is 72.5. The van der Waals surface area contributed by atoms with Crippen molar-refractivity contribution in [1.82, 2.24) is 0 Å². The molecule has 90 heavy (non-hydrogen) atoms. The van der Waals surface area contributed by atoms with E-state index in [4.69, 9.17) is 37.0 Å². The van der Waals surface area contributed by atoms with Crippen molar-refractivity contribution in [3.05, 3.63) is 0 Å². The predicted octanol–water partition coefficient (Wildman–Crippen LogP) is 20.5. The Morgan fingerprint density at radius 2 is 0.511 bits per heavy atom. The maximum Gasteiger partial charge on any atom is 0.472 e. The minimum atomic E-state index is -4.95. The summed E-state index contributed by atoms with van der Waals surface area (Å²) in [5.74, 6) is -1.31. The molecule has 0 aromatic heterocycles. The number of phosphoric ester groups is 2. The van der Waals surface area contributed by atoms with Gasteiger partial charge in [-0.3, -0.25) is 37.3 Å². The molecule has 2 unspecified atom stereocenters. The smallest absolute Gasteiger partial charge is 0.462 e. The molecule has 0 amide bonds. The van der Waals surface area contributed by atoms with Crippen LogP contribution in [0.15, 0.2) is 0 Å². The molecule has 5 atom stereocenters. The number of carbonyl (C=O) groups is 4. The van der Waals surface area contributed by atoms with Crippen LogP contribution in [-0.2, 0) is 65.4 Å². The SMILES string of the molecule is CCCCCCCCCCCCCC(=O)OC[C@H](COP(=O)(O)OC[C@@H](O)COP(=O)(O)OC[C@@H](COC(=O)CCCCCCCCCCCC)OC(=O)CCCCCCCCCCCC)OC(=O)CCCCCCCCCCCCCCCCCCC(C)C. The van der Waals surface area contributed by atoms with Crippen molar-refractivity contribution in [2.75, 3.05) is 39.6 Å². The molecule has 0 spiro atoms. The highest BCUT2D eigenvalue weighted by molar-refractivity contribution is 7.47. The zero-order valence-electron chi connectivity index (χ0n) is 58.3. The van der Waals surface area contributed by atoms with Gasteiger partial charge in [-0.15, -0.1) is 0 Å². The number of phosphoric acid groups is 2. The monoisotopic (exact) mass is 1320 g/mol. The normalized spacial score (nSPS) is 14.1. The summed E-state index contributed by atoms with van der Waals surface area (Å²) in [5.41, 5.74) is 0. The molecule has 17 nitrogen and oxygen atoms in total. The lowest BCUT2D eigenvalue weighted by molar-refractivity contribution is -0.161. The molecule has 0 aliphatic carbocycles. The lowest BCUT2D eigenvalue weighted by atomic mass is 10.0. The highest BCUT2D eigenvalue weighted by Crippen LogP contribution is 2.45. The van der Waals surface area contributed by atoms with Gasteiger partial charge in [0.1, 0.15) is 19.3 Å². The topological polar surface area (TPSA) is 237 Å². The van der Waals surface area contributed by atoms with E-state index in [0.717, 1.165) is 95.8 Å². The molecule has 19 heteroatoms. The highest BCUT2D eigenvalue weighted by atomic mass is 31.2. The number of aliphatic hydroxyl groups is 1. The molecule has 0 aromatic carbocycles. The summed E-state index contributed by atoms with van der Waals surface area (Å²) < 4.78 is 68.3. The fourth-order valence-electron chi connectivity index (χ4n) is 10.8. The molecule has 0 heterocycles. The van der Waals surface area contributed by atoms with Gasteiger partial charge in [0.2, 0.25) is 0 Å². The number of unbranched alkanes of at least 4 members (excludes halogenated alkanes) is 43. The average molecular weight is 1330 g/mol. The Morgan fingerprint density at radius 3 is 0.756 bits per heavy atom. The van der Waals surface area contributed by atoms with Crippen molar-refractivity contribution in [2.24, 2.45) is 5.92 Å². The third-order valence-electron chi connectivity index (χ3n) is 16.5. The number of hydrogen-bond donors (Lipinski definition) is 3. The summed E-state index contributed by atoms with van der Waals surface area (Å²) in [5, 5.41) is 10.6. The quantitative estimate of drug-likeness (QED) is 0.0222. The lowest BCUT2D eigenvalue weighted by Crippen LogP contribution is -2.30. The van der Waals surface area contributed by atoms with Gasteiger partial charge >= 0.3 is 39.5 Å². The van der Waals surface area contributed by atoms with Gasteiger partial charge in [-0.05, 0) is 31.6 Å². The maximum atomic E-state index is 13.0. The lowest BCUT2D eigenvalue weighted by Gasteiger charge is -2.21. The van der Waals surface area contributed by atoms with Crippen LogP contribution in [-0.4, -0.2) is 96.7 Å². The zero-order valence-corrected chi connectivity index (χ0v) is 60.1. The number of rotatable bonds is 71. The van der Waals surface area contributed by atoms with Crippen molar-refractivity contribution in [3.63, 3.8) is 0 Å². The molecule has 0 aromatic rings. The molecule has 0 radical (unpaired) electrons. The number of ether oxygens (including phenoxy) is 4. The van der Waals surface area contributed by atoms with Gasteiger partial charge in [0.25, 0.3) is 0 Å². The summed E-state index contributed by atoms with van der Waals surface area (Å²) in [6.45, 7) is 7.26. The van der Waals surface area contributed by atoms with Gasteiger partial charge in [-0.1, -0.05) is 317 Å². The van der Waals surface area contributed by atoms with E-state index in [1.54, 1.807) is 0 Å². The van der Waals surface area contributed by atoms with Gasteiger partial charge < -0.3 is 33.8 Å². The number of hydrogen-bond acceptors (Lipinski definition) is 15. The van der Waals surface area contributed by atoms with Crippen LogP contribution >= 0.6 is 15.6 Å². The Kier molecular flexibility index (Phi) is 63.0. The van der Waals surface area contributed by atoms with E-state index in [9.17, 15) is 43.2 Å². The van der Waals surface area contributed by atoms with E-state index in [0.29, 0.717) is 25.7 Å². The molecule has 0 bridgehead atoms. The van der Waals surface area contributed by atoms with Crippen molar-refractivity contribution in [1.29, 1.82) is 0 Å². The van der Waals surface area contributed by atoms with Gasteiger partial charge in [-0.25, -0.2) is 9.13 Å². The molecule has 0 fully saturated rings. The van der Waals surface area contributed by atoms with Crippen molar-refractivity contribution < 1.29 is 80.2 Å². The number of aliphatic hydroxyl groups excluding tert-OH is 1. The fraction of sp³-hybridized carbons (Fsp3) is 0.944. The van der Waals surface area contributed by atoms with Crippen LogP contribution in [0.25, 0.3) is 0 Å². The molecular weight excluding hydrogens is 1190 g/mol. The largest absolute Gasteiger partial charge is 0.472 e. The Bertz CT molecular complexity index is 1740. The Hall–Kier alpha value is -1.94. The second kappa shape index (κ2) is 64.4. The average Bonchev–Trinajstić information content (AvgIpc) is 3.49. The van der Waals surface area contributed by atoms with E-state index in [1.165, 1.54) is 193 Å². The van der Waals surface area contributed by atoms with Crippen molar-refractivity contribution in [2.45, 2.75) is 387 Å². The minimum absolute atomic E-state index is 0.107. The van der Waals surface area contributed by atoms with Crippen LogP contribution in [0.5, 0.6) is 0 Å². The van der Waals surface area contributed by atoms with E-state index in [-0.39, 0.29) is 25.7 Å². The molecule has 3 N–H and O–H groups in total. The molecule has 0 saturated carbocycles. The molecule has 0 aliphatic rings. The van der Waals surface area contributed by atoms with Gasteiger partial charge in [0, 0.05) is 25.7 Å². The van der Waals surface area contributed by atoms with Crippen LogP contribution in [0.3, 0.4) is 0 Å².